The van der Waals surface area contributed by atoms with Gasteiger partial charge >= 0.3 is 4.83 Å². The van der Waals surface area contributed by atoms with Crippen LogP contribution in [0.5, 0.6) is 5.75 Å². The zero-order chi connectivity index (χ0) is 12.0. The molecule has 0 radical (unpaired) electrons. The first kappa shape index (κ1) is 11.8. The number of aliphatic hydroxyl groups is 1. The van der Waals surface area contributed by atoms with Gasteiger partial charge in [0.2, 0.25) is 0 Å². The molecule has 0 saturated heterocycles. The van der Waals surface area contributed by atoms with Gasteiger partial charge in [0, 0.05) is 11.5 Å². The summed E-state index contributed by atoms with van der Waals surface area (Å²) in [5.74, 6) is -0.390. The molecule has 1 heterocycles. The predicted molar refractivity (Wildman–Crippen MR) is 58.9 cm³/mol. The minimum absolute atomic E-state index is 0.0642. The summed E-state index contributed by atoms with van der Waals surface area (Å²) < 4.78 is 32.4. The maximum atomic E-state index is 13.5. The molecule has 0 amide bonds. The van der Waals surface area contributed by atoms with Crippen LogP contribution in [-0.2, 0) is 5.60 Å². The number of benzene rings is 1. The Bertz CT molecular complexity index is 405. The molecule has 1 aromatic rings. The van der Waals surface area contributed by atoms with E-state index in [9.17, 15) is 13.9 Å². The lowest BCUT2D eigenvalue weighted by Crippen LogP contribution is -2.50. The van der Waals surface area contributed by atoms with E-state index in [-0.39, 0.29) is 12.2 Å². The van der Waals surface area contributed by atoms with E-state index in [0.717, 1.165) is 0 Å². The average molecular weight is 293 g/mol. The van der Waals surface area contributed by atoms with E-state index in [1.165, 1.54) is 13.0 Å². The van der Waals surface area contributed by atoms with E-state index in [1.54, 1.807) is 18.2 Å². The molecule has 1 aliphatic rings. The van der Waals surface area contributed by atoms with Crippen molar-refractivity contribution in [2.75, 3.05) is 6.61 Å². The highest BCUT2D eigenvalue weighted by Gasteiger charge is 2.58. The van der Waals surface area contributed by atoms with Crippen LogP contribution in [0.1, 0.15) is 12.5 Å². The normalized spacial score (nSPS) is 29.4. The Labute approximate surface area is 100 Å². The first-order chi connectivity index (χ1) is 7.37. The Morgan fingerprint density at radius 1 is 1.50 bits per heavy atom. The third kappa shape index (κ3) is 1.53. The summed E-state index contributed by atoms with van der Waals surface area (Å²) in [5, 5.41) is 10.3. The van der Waals surface area contributed by atoms with E-state index < -0.39 is 16.4 Å². The zero-order valence-corrected chi connectivity index (χ0v) is 10.2. The summed E-state index contributed by atoms with van der Waals surface area (Å²) >= 11 is 2.27. The molecule has 0 fully saturated rings. The van der Waals surface area contributed by atoms with Crippen molar-refractivity contribution in [1.82, 2.24) is 0 Å². The topological polar surface area (TPSA) is 29.5 Å². The predicted octanol–water partition coefficient (Wildman–Crippen LogP) is 2.89. The Morgan fingerprint density at radius 2 is 2.12 bits per heavy atom. The molecule has 1 aromatic carbocycles. The van der Waals surface area contributed by atoms with Gasteiger partial charge in [-0.1, -0.05) is 25.1 Å². The molecule has 0 aromatic heterocycles. The van der Waals surface area contributed by atoms with Crippen LogP contribution < -0.4 is 4.74 Å². The lowest BCUT2D eigenvalue weighted by molar-refractivity contribution is -0.169. The second-order valence-electron chi connectivity index (χ2n) is 3.97. The second kappa shape index (κ2) is 3.67. The minimum Gasteiger partial charge on any atom is -0.493 e. The third-order valence-corrected chi connectivity index (χ3v) is 3.54. The minimum atomic E-state index is -3.39. The van der Waals surface area contributed by atoms with Gasteiger partial charge < -0.3 is 9.84 Å². The van der Waals surface area contributed by atoms with E-state index in [1.807, 2.05) is 0 Å². The van der Waals surface area contributed by atoms with Gasteiger partial charge in [-0.3, -0.25) is 0 Å². The van der Waals surface area contributed by atoms with Crippen LogP contribution in [-0.4, -0.2) is 16.5 Å². The number of fused-ring (bicyclic) bond motifs is 1. The van der Waals surface area contributed by atoms with Crippen LogP contribution in [0.4, 0.5) is 8.78 Å². The van der Waals surface area contributed by atoms with E-state index in [4.69, 9.17) is 4.74 Å². The first-order valence-corrected chi connectivity index (χ1v) is 5.68. The molecule has 2 atom stereocenters. The van der Waals surface area contributed by atoms with Crippen molar-refractivity contribution < 1.29 is 18.6 Å². The van der Waals surface area contributed by atoms with Crippen molar-refractivity contribution in [1.29, 1.82) is 0 Å². The standard InChI is InChI=1S/C11H11BrF2O2/c1-7-6-16-9-5-3-2-4-8(9)10(7,15)11(12,13)14/h2-5,7,15H,6H2,1H3. The highest BCUT2D eigenvalue weighted by molar-refractivity contribution is 9.10. The van der Waals surface area contributed by atoms with Crippen molar-refractivity contribution in [3.8, 4) is 5.75 Å². The number of rotatable bonds is 1. The van der Waals surface area contributed by atoms with Gasteiger partial charge in [-0.05, 0) is 22.0 Å². The van der Waals surface area contributed by atoms with E-state index in [2.05, 4.69) is 15.9 Å². The average Bonchev–Trinajstić information content (AvgIpc) is 2.22. The fourth-order valence-electron chi connectivity index (χ4n) is 1.94. The van der Waals surface area contributed by atoms with Gasteiger partial charge in [0.05, 0.1) is 6.61 Å². The third-order valence-electron chi connectivity index (χ3n) is 2.93. The second-order valence-corrected chi connectivity index (χ2v) is 4.97. The van der Waals surface area contributed by atoms with Gasteiger partial charge in [0.1, 0.15) is 5.75 Å². The van der Waals surface area contributed by atoms with Gasteiger partial charge in [-0.15, -0.1) is 0 Å². The number of para-hydroxylation sites is 1. The number of halogens is 3. The maximum absolute atomic E-state index is 13.5. The van der Waals surface area contributed by atoms with Gasteiger partial charge in [-0.25, -0.2) is 0 Å². The molecular formula is C11H11BrF2O2. The maximum Gasteiger partial charge on any atom is 0.334 e. The fraction of sp³-hybridized carbons (Fsp3) is 0.455. The number of hydrogen-bond acceptors (Lipinski definition) is 2. The number of alkyl halides is 3. The molecular weight excluding hydrogens is 282 g/mol. The van der Waals surface area contributed by atoms with Crippen molar-refractivity contribution >= 4 is 15.9 Å². The van der Waals surface area contributed by atoms with Crippen LogP contribution in [0.25, 0.3) is 0 Å². The largest absolute Gasteiger partial charge is 0.493 e. The summed E-state index contributed by atoms with van der Waals surface area (Å²) in [6.45, 7) is 1.60. The molecule has 0 aliphatic carbocycles. The summed E-state index contributed by atoms with van der Waals surface area (Å²) in [5.41, 5.74) is -2.11. The van der Waals surface area contributed by atoms with Crippen molar-refractivity contribution in [2.45, 2.75) is 17.4 Å². The van der Waals surface area contributed by atoms with Crippen LogP contribution in [0.2, 0.25) is 0 Å². The number of ether oxygens (including phenoxy) is 1. The van der Waals surface area contributed by atoms with Crippen LogP contribution in [0.3, 0.4) is 0 Å². The van der Waals surface area contributed by atoms with Crippen molar-refractivity contribution in [3.63, 3.8) is 0 Å². The molecule has 0 saturated carbocycles. The Balaban J connectivity index is 2.61. The smallest absolute Gasteiger partial charge is 0.334 e. The molecule has 1 N–H and O–H groups in total. The zero-order valence-electron chi connectivity index (χ0n) is 8.58. The summed E-state index contributed by atoms with van der Waals surface area (Å²) in [7, 11) is 0. The number of hydrogen-bond donors (Lipinski definition) is 1. The first-order valence-electron chi connectivity index (χ1n) is 4.88. The summed E-state index contributed by atoms with van der Waals surface area (Å²) in [6, 6.07) is 6.32. The molecule has 1 aliphatic heterocycles. The quantitative estimate of drug-likeness (QED) is 0.807. The van der Waals surface area contributed by atoms with Crippen LogP contribution in [0, 0.1) is 5.92 Å². The van der Waals surface area contributed by atoms with E-state index >= 15 is 0 Å². The van der Waals surface area contributed by atoms with Crippen LogP contribution >= 0.6 is 15.9 Å². The summed E-state index contributed by atoms with van der Waals surface area (Å²) in [6.07, 6.45) is 0. The van der Waals surface area contributed by atoms with Gasteiger partial charge in [0.25, 0.3) is 0 Å². The monoisotopic (exact) mass is 292 g/mol. The molecule has 16 heavy (non-hydrogen) atoms. The Kier molecular flexibility index (Phi) is 2.70. The molecule has 88 valence electrons. The van der Waals surface area contributed by atoms with Crippen molar-refractivity contribution in [2.24, 2.45) is 5.92 Å². The van der Waals surface area contributed by atoms with Crippen LogP contribution in [0.15, 0.2) is 24.3 Å². The highest BCUT2D eigenvalue weighted by atomic mass is 79.9. The lowest BCUT2D eigenvalue weighted by atomic mass is 9.80. The SMILES string of the molecule is CC1COc2ccccc2C1(O)C(F)(F)Br. The Morgan fingerprint density at radius 3 is 2.75 bits per heavy atom. The van der Waals surface area contributed by atoms with Gasteiger partial charge in [-0.2, -0.15) is 8.78 Å². The summed E-state index contributed by atoms with van der Waals surface area (Å²) in [4.78, 5) is -3.39. The highest BCUT2D eigenvalue weighted by Crippen LogP contribution is 2.51. The molecule has 2 rings (SSSR count). The molecule has 5 heteroatoms. The lowest BCUT2D eigenvalue weighted by Gasteiger charge is -2.41. The van der Waals surface area contributed by atoms with Crippen molar-refractivity contribution in [3.05, 3.63) is 29.8 Å². The Hall–Kier alpha value is -0.680. The van der Waals surface area contributed by atoms with Gasteiger partial charge in [0.15, 0.2) is 5.60 Å². The molecule has 0 bridgehead atoms. The molecule has 2 unspecified atom stereocenters. The fourth-order valence-corrected chi connectivity index (χ4v) is 2.54. The molecule has 2 nitrogen and oxygen atoms in total. The van der Waals surface area contributed by atoms with E-state index in [0.29, 0.717) is 5.75 Å². The molecule has 0 spiro atoms.